The Morgan fingerprint density at radius 1 is 0.852 bits per heavy atom. The van der Waals surface area contributed by atoms with Crippen molar-refractivity contribution in [3.8, 4) is 11.5 Å². The average molecular weight is 378 g/mol. The molecule has 0 radical (unpaired) electrons. The van der Waals surface area contributed by atoms with Crippen molar-refractivity contribution in [1.82, 2.24) is 5.32 Å². The van der Waals surface area contributed by atoms with Crippen LogP contribution >= 0.6 is 12.2 Å². The van der Waals surface area contributed by atoms with E-state index in [0.29, 0.717) is 11.6 Å². The van der Waals surface area contributed by atoms with Gasteiger partial charge in [-0.1, -0.05) is 66.8 Å². The van der Waals surface area contributed by atoms with Gasteiger partial charge in [0.2, 0.25) is 0 Å². The molecule has 27 heavy (non-hydrogen) atoms. The first-order valence-corrected chi connectivity index (χ1v) is 9.34. The summed E-state index contributed by atoms with van der Waals surface area (Å²) in [5, 5.41) is 3.33. The number of para-hydroxylation sites is 1. The molecule has 0 saturated carbocycles. The molecule has 138 valence electrons. The van der Waals surface area contributed by atoms with E-state index in [2.05, 4.69) is 17.4 Å². The zero-order valence-electron chi connectivity index (χ0n) is 15.4. The fourth-order valence-electron chi connectivity index (χ4n) is 2.72. The molecule has 1 N–H and O–H groups in total. The van der Waals surface area contributed by atoms with E-state index in [4.69, 9.17) is 21.7 Å². The van der Waals surface area contributed by atoms with Gasteiger partial charge in [-0.25, -0.2) is 0 Å². The molecule has 3 rings (SSSR count). The maximum absolute atomic E-state index is 5.99. The summed E-state index contributed by atoms with van der Waals surface area (Å²) >= 11 is 5.58. The molecule has 0 fully saturated rings. The van der Waals surface area contributed by atoms with Crippen LogP contribution in [0.25, 0.3) is 0 Å². The number of thiocarbonyl (C=S) groups is 1. The molecular weight excluding hydrogens is 354 g/mol. The number of hydrogen-bond acceptors (Lipinski definition) is 3. The number of ether oxygens (including phenoxy) is 2. The van der Waals surface area contributed by atoms with E-state index in [-0.39, 0.29) is 0 Å². The van der Waals surface area contributed by atoms with E-state index in [1.165, 1.54) is 5.56 Å². The molecule has 0 aliphatic heterocycles. The molecule has 3 aromatic rings. The Hall–Kier alpha value is -2.85. The van der Waals surface area contributed by atoms with E-state index in [0.717, 1.165) is 35.6 Å². The van der Waals surface area contributed by atoms with Crippen LogP contribution < -0.4 is 14.8 Å². The molecule has 0 aromatic heterocycles. The van der Waals surface area contributed by atoms with Gasteiger partial charge in [-0.3, -0.25) is 0 Å². The summed E-state index contributed by atoms with van der Waals surface area (Å²) in [7, 11) is 1.67. The SMILES string of the molecule is COc1ccc(CCNC(=S)c2ccccc2OCc2ccccc2)cc1. The molecule has 0 bridgehead atoms. The Balaban J connectivity index is 1.56. The number of rotatable bonds is 8. The first-order valence-electron chi connectivity index (χ1n) is 8.93. The van der Waals surface area contributed by atoms with Crippen LogP contribution in [-0.4, -0.2) is 18.6 Å². The molecule has 0 spiro atoms. The third kappa shape index (κ3) is 5.56. The Kier molecular flexibility index (Phi) is 6.83. The van der Waals surface area contributed by atoms with Crippen molar-refractivity contribution in [3.63, 3.8) is 0 Å². The zero-order chi connectivity index (χ0) is 18.9. The van der Waals surface area contributed by atoms with Crippen LogP contribution in [-0.2, 0) is 13.0 Å². The number of hydrogen-bond donors (Lipinski definition) is 1. The molecule has 0 heterocycles. The van der Waals surface area contributed by atoms with Crippen LogP contribution in [0.5, 0.6) is 11.5 Å². The van der Waals surface area contributed by atoms with Crippen LogP contribution in [0.2, 0.25) is 0 Å². The predicted octanol–water partition coefficient (Wildman–Crippen LogP) is 4.78. The van der Waals surface area contributed by atoms with E-state index >= 15 is 0 Å². The molecule has 0 amide bonds. The molecule has 3 nitrogen and oxygen atoms in total. The number of methoxy groups -OCH3 is 1. The Labute approximate surface area is 166 Å². The second kappa shape index (κ2) is 9.74. The average Bonchev–Trinajstić information content (AvgIpc) is 2.73. The fraction of sp³-hybridized carbons (Fsp3) is 0.174. The van der Waals surface area contributed by atoms with Crippen molar-refractivity contribution < 1.29 is 9.47 Å². The second-order valence-electron chi connectivity index (χ2n) is 6.12. The lowest BCUT2D eigenvalue weighted by molar-refractivity contribution is 0.305. The first kappa shape index (κ1) is 18.9. The Morgan fingerprint density at radius 3 is 2.30 bits per heavy atom. The van der Waals surface area contributed by atoms with Gasteiger partial charge < -0.3 is 14.8 Å². The molecular formula is C23H23NO2S. The Bertz CT molecular complexity index is 863. The highest BCUT2D eigenvalue weighted by atomic mass is 32.1. The second-order valence-corrected chi connectivity index (χ2v) is 6.53. The first-order chi connectivity index (χ1) is 13.3. The normalized spacial score (nSPS) is 10.3. The maximum atomic E-state index is 5.99. The molecule has 4 heteroatoms. The number of benzene rings is 3. The zero-order valence-corrected chi connectivity index (χ0v) is 16.2. The smallest absolute Gasteiger partial charge is 0.129 e. The topological polar surface area (TPSA) is 30.5 Å². The van der Waals surface area contributed by atoms with Gasteiger partial charge in [0.05, 0.1) is 12.7 Å². The van der Waals surface area contributed by atoms with Crippen LogP contribution in [0.4, 0.5) is 0 Å². The largest absolute Gasteiger partial charge is 0.497 e. The summed E-state index contributed by atoms with van der Waals surface area (Å²) in [5.74, 6) is 1.66. The summed E-state index contributed by atoms with van der Waals surface area (Å²) in [6, 6.07) is 26.1. The minimum Gasteiger partial charge on any atom is -0.497 e. The standard InChI is InChI=1S/C23H23NO2S/c1-25-20-13-11-18(12-14-20)15-16-24-23(27)21-9-5-6-10-22(21)26-17-19-7-3-2-4-8-19/h2-14H,15-17H2,1H3,(H,24,27). The minimum atomic E-state index is 0.520. The van der Waals surface area contributed by atoms with E-state index in [9.17, 15) is 0 Å². The van der Waals surface area contributed by atoms with Gasteiger partial charge in [-0.05, 0) is 41.8 Å². The highest BCUT2D eigenvalue weighted by molar-refractivity contribution is 7.80. The van der Waals surface area contributed by atoms with Crippen molar-refractivity contribution in [1.29, 1.82) is 0 Å². The molecule has 0 aliphatic rings. The quantitative estimate of drug-likeness (QED) is 0.572. The van der Waals surface area contributed by atoms with E-state index in [1.807, 2.05) is 66.7 Å². The third-order valence-electron chi connectivity index (χ3n) is 4.23. The fourth-order valence-corrected chi connectivity index (χ4v) is 2.99. The summed E-state index contributed by atoms with van der Waals surface area (Å²) in [5.41, 5.74) is 3.28. The van der Waals surface area contributed by atoms with Crippen molar-refractivity contribution in [2.45, 2.75) is 13.0 Å². The van der Waals surface area contributed by atoms with Gasteiger partial charge in [0.15, 0.2) is 0 Å². The van der Waals surface area contributed by atoms with Crippen molar-refractivity contribution in [2.24, 2.45) is 0 Å². The summed E-state index contributed by atoms with van der Waals surface area (Å²) < 4.78 is 11.2. The summed E-state index contributed by atoms with van der Waals surface area (Å²) in [6.07, 6.45) is 0.886. The van der Waals surface area contributed by atoms with Gasteiger partial charge in [0.25, 0.3) is 0 Å². The van der Waals surface area contributed by atoms with Gasteiger partial charge in [-0.15, -0.1) is 0 Å². The van der Waals surface area contributed by atoms with Crippen LogP contribution in [0, 0.1) is 0 Å². The summed E-state index contributed by atoms with van der Waals surface area (Å²) in [6.45, 7) is 1.28. The highest BCUT2D eigenvalue weighted by Gasteiger charge is 2.08. The lowest BCUT2D eigenvalue weighted by Crippen LogP contribution is -2.25. The third-order valence-corrected chi connectivity index (χ3v) is 4.59. The lowest BCUT2D eigenvalue weighted by atomic mass is 10.1. The van der Waals surface area contributed by atoms with Crippen LogP contribution in [0.1, 0.15) is 16.7 Å². The van der Waals surface area contributed by atoms with Crippen molar-refractivity contribution in [3.05, 3.63) is 95.6 Å². The van der Waals surface area contributed by atoms with E-state index in [1.54, 1.807) is 7.11 Å². The predicted molar refractivity (Wildman–Crippen MR) is 114 cm³/mol. The van der Waals surface area contributed by atoms with Gasteiger partial charge in [0, 0.05) is 6.54 Å². The van der Waals surface area contributed by atoms with E-state index < -0.39 is 0 Å². The van der Waals surface area contributed by atoms with Crippen LogP contribution in [0.15, 0.2) is 78.9 Å². The highest BCUT2D eigenvalue weighted by Crippen LogP contribution is 2.20. The molecule has 0 saturated heterocycles. The summed E-state index contributed by atoms with van der Waals surface area (Å²) in [4.78, 5) is 0.701. The van der Waals surface area contributed by atoms with Gasteiger partial charge in [0.1, 0.15) is 23.1 Å². The minimum absolute atomic E-state index is 0.520. The van der Waals surface area contributed by atoms with Crippen LogP contribution in [0.3, 0.4) is 0 Å². The number of nitrogens with one attached hydrogen (secondary N) is 1. The monoisotopic (exact) mass is 377 g/mol. The molecule has 3 aromatic carbocycles. The van der Waals surface area contributed by atoms with Crippen molar-refractivity contribution >= 4 is 17.2 Å². The molecule has 0 aliphatic carbocycles. The molecule has 0 unspecified atom stereocenters. The van der Waals surface area contributed by atoms with Crippen molar-refractivity contribution in [2.75, 3.05) is 13.7 Å². The molecule has 0 atom stereocenters. The lowest BCUT2D eigenvalue weighted by Gasteiger charge is -2.14. The van der Waals surface area contributed by atoms with Gasteiger partial charge in [-0.2, -0.15) is 0 Å². The Morgan fingerprint density at radius 2 is 1.56 bits per heavy atom. The van der Waals surface area contributed by atoms with Gasteiger partial charge >= 0.3 is 0 Å². The maximum Gasteiger partial charge on any atom is 0.129 e.